The van der Waals surface area contributed by atoms with Gasteiger partial charge in [-0.1, -0.05) is 56.3 Å². The lowest BCUT2D eigenvalue weighted by Gasteiger charge is -2.11. The van der Waals surface area contributed by atoms with E-state index in [1.54, 1.807) is 0 Å². The van der Waals surface area contributed by atoms with Crippen molar-refractivity contribution >= 4 is 27.5 Å². The SMILES string of the molecule is CCC(C)C(=O)OCc1cccc2cc3ccccc3cc12. The zero-order valence-electron chi connectivity index (χ0n) is 13.0. The van der Waals surface area contributed by atoms with Crippen LogP contribution in [0.2, 0.25) is 0 Å². The molecule has 0 saturated carbocycles. The highest BCUT2D eigenvalue weighted by atomic mass is 16.5. The Morgan fingerprint density at radius 3 is 2.41 bits per heavy atom. The van der Waals surface area contributed by atoms with Crippen molar-refractivity contribution in [2.24, 2.45) is 5.92 Å². The monoisotopic (exact) mass is 292 g/mol. The van der Waals surface area contributed by atoms with Gasteiger partial charge in [-0.05, 0) is 45.7 Å². The van der Waals surface area contributed by atoms with Gasteiger partial charge >= 0.3 is 5.97 Å². The van der Waals surface area contributed by atoms with E-state index in [1.807, 2.05) is 38.1 Å². The van der Waals surface area contributed by atoms with E-state index in [2.05, 4.69) is 30.3 Å². The van der Waals surface area contributed by atoms with Gasteiger partial charge in [0.15, 0.2) is 0 Å². The predicted molar refractivity (Wildman–Crippen MR) is 90.7 cm³/mol. The molecule has 0 bridgehead atoms. The molecule has 1 atom stereocenters. The molecule has 0 heterocycles. The van der Waals surface area contributed by atoms with Crippen molar-refractivity contribution in [2.75, 3.05) is 0 Å². The number of carbonyl (C=O) groups excluding carboxylic acids is 1. The number of hydrogen-bond donors (Lipinski definition) is 0. The molecule has 3 rings (SSSR count). The average Bonchev–Trinajstić information content (AvgIpc) is 2.57. The van der Waals surface area contributed by atoms with Crippen molar-refractivity contribution in [1.29, 1.82) is 0 Å². The number of hydrogen-bond acceptors (Lipinski definition) is 2. The molecule has 0 saturated heterocycles. The molecular weight excluding hydrogens is 272 g/mol. The summed E-state index contributed by atoms with van der Waals surface area (Å²) >= 11 is 0. The Balaban J connectivity index is 1.96. The Bertz CT molecular complexity index is 820. The van der Waals surface area contributed by atoms with E-state index >= 15 is 0 Å². The second-order valence-corrected chi connectivity index (χ2v) is 5.75. The summed E-state index contributed by atoms with van der Waals surface area (Å²) in [6.07, 6.45) is 0.805. The smallest absolute Gasteiger partial charge is 0.308 e. The third-order valence-electron chi connectivity index (χ3n) is 4.22. The van der Waals surface area contributed by atoms with Crippen LogP contribution < -0.4 is 0 Å². The number of rotatable bonds is 4. The first-order chi connectivity index (χ1) is 10.7. The molecule has 0 aliphatic heterocycles. The third-order valence-corrected chi connectivity index (χ3v) is 4.22. The fraction of sp³-hybridized carbons (Fsp3) is 0.250. The van der Waals surface area contributed by atoms with Crippen molar-refractivity contribution in [1.82, 2.24) is 0 Å². The molecule has 3 aromatic rings. The van der Waals surface area contributed by atoms with Gasteiger partial charge in [0.25, 0.3) is 0 Å². The minimum Gasteiger partial charge on any atom is -0.461 e. The van der Waals surface area contributed by atoms with Gasteiger partial charge in [-0.3, -0.25) is 4.79 Å². The molecule has 0 amide bonds. The van der Waals surface area contributed by atoms with Gasteiger partial charge in [0.05, 0.1) is 5.92 Å². The second kappa shape index (κ2) is 6.18. The third kappa shape index (κ3) is 2.82. The highest BCUT2D eigenvalue weighted by Crippen LogP contribution is 2.26. The first-order valence-electron chi connectivity index (χ1n) is 7.76. The van der Waals surface area contributed by atoms with Gasteiger partial charge in [-0.15, -0.1) is 0 Å². The van der Waals surface area contributed by atoms with E-state index in [1.165, 1.54) is 16.2 Å². The van der Waals surface area contributed by atoms with Crippen LogP contribution in [0, 0.1) is 5.92 Å². The van der Waals surface area contributed by atoms with Gasteiger partial charge in [0.2, 0.25) is 0 Å². The lowest BCUT2D eigenvalue weighted by Crippen LogP contribution is -2.13. The van der Waals surface area contributed by atoms with Crippen molar-refractivity contribution in [3.8, 4) is 0 Å². The van der Waals surface area contributed by atoms with Crippen LogP contribution in [0.4, 0.5) is 0 Å². The summed E-state index contributed by atoms with van der Waals surface area (Å²) in [6.45, 7) is 4.23. The lowest BCUT2D eigenvalue weighted by molar-refractivity contribution is -0.149. The fourth-order valence-corrected chi connectivity index (χ4v) is 2.62. The normalized spacial score (nSPS) is 12.5. The molecule has 0 aliphatic rings. The van der Waals surface area contributed by atoms with Crippen molar-refractivity contribution < 1.29 is 9.53 Å². The predicted octanol–water partition coefficient (Wildman–Crippen LogP) is 5.08. The topological polar surface area (TPSA) is 26.3 Å². The lowest BCUT2D eigenvalue weighted by atomic mass is 10.00. The quantitative estimate of drug-likeness (QED) is 0.495. The molecule has 0 fully saturated rings. The van der Waals surface area contributed by atoms with Crippen LogP contribution in [-0.4, -0.2) is 5.97 Å². The molecule has 0 spiro atoms. The van der Waals surface area contributed by atoms with Gasteiger partial charge in [-0.25, -0.2) is 0 Å². The van der Waals surface area contributed by atoms with Crippen LogP contribution >= 0.6 is 0 Å². The molecule has 2 nitrogen and oxygen atoms in total. The van der Waals surface area contributed by atoms with E-state index in [4.69, 9.17) is 4.74 Å². The molecule has 0 aromatic heterocycles. The van der Waals surface area contributed by atoms with Gasteiger partial charge in [-0.2, -0.15) is 0 Å². The summed E-state index contributed by atoms with van der Waals surface area (Å²) in [5.74, 6) is -0.170. The molecule has 0 N–H and O–H groups in total. The Morgan fingerprint density at radius 1 is 1.00 bits per heavy atom. The van der Waals surface area contributed by atoms with E-state index in [-0.39, 0.29) is 11.9 Å². The molecule has 112 valence electrons. The molecular formula is C20H20O2. The van der Waals surface area contributed by atoms with E-state index < -0.39 is 0 Å². The van der Waals surface area contributed by atoms with Crippen LogP contribution in [0.15, 0.2) is 54.6 Å². The van der Waals surface area contributed by atoms with Gasteiger partial charge in [0.1, 0.15) is 6.61 Å². The van der Waals surface area contributed by atoms with E-state index in [9.17, 15) is 4.79 Å². The molecule has 0 aliphatic carbocycles. The van der Waals surface area contributed by atoms with Crippen LogP contribution in [0.1, 0.15) is 25.8 Å². The standard InChI is InChI=1S/C20H20O2/c1-3-14(2)20(21)22-13-18-10-6-9-17-11-15-7-4-5-8-16(15)12-19(17)18/h4-12,14H,3,13H2,1-2H3. The van der Waals surface area contributed by atoms with Crippen LogP contribution in [0.25, 0.3) is 21.5 Å². The van der Waals surface area contributed by atoms with Crippen LogP contribution in [0.5, 0.6) is 0 Å². The van der Waals surface area contributed by atoms with E-state index in [0.29, 0.717) is 6.61 Å². The summed E-state index contributed by atoms with van der Waals surface area (Å²) in [5.41, 5.74) is 1.06. The summed E-state index contributed by atoms with van der Waals surface area (Å²) in [5, 5.41) is 4.76. The largest absolute Gasteiger partial charge is 0.461 e. The zero-order chi connectivity index (χ0) is 15.5. The van der Waals surface area contributed by atoms with Crippen molar-refractivity contribution in [2.45, 2.75) is 26.9 Å². The maximum absolute atomic E-state index is 11.9. The molecule has 1 unspecified atom stereocenters. The maximum atomic E-state index is 11.9. The molecule has 2 heteroatoms. The van der Waals surface area contributed by atoms with E-state index in [0.717, 1.165) is 17.4 Å². The van der Waals surface area contributed by atoms with Gasteiger partial charge < -0.3 is 4.74 Å². The molecule has 3 aromatic carbocycles. The fourth-order valence-electron chi connectivity index (χ4n) is 2.62. The average molecular weight is 292 g/mol. The molecule has 22 heavy (non-hydrogen) atoms. The molecule has 0 radical (unpaired) electrons. The number of esters is 1. The Hall–Kier alpha value is -2.35. The highest BCUT2D eigenvalue weighted by Gasteiger charge is 2.12. The number of fused-ring (bicyclic) bond motifs is 2. The summed E-state index contributed by atoms with van der Waals surface area (Å²) in [7, 11) is 0. The first kappa shape index (κ1) is 14.6. The zero-order valence-corrected chi connectivity index (χ0v) is 13.0. The number of carbonyl (C=O) groups is 1. The van der Waals surface area contributed by atoms with Crippen LogP contribution in [-0.2, 0) is 16.1 Å². The number of ether oxygens (including phenoxy) is 1. The summed E-state index contributed by atoms with van der Waals surface area (Å²) in [4.78, 5) is 11.9. The second-order valence-electron chi connectivity index (χ2n) is 5.75. The number of benzene rings is 3. The Kier molecular flexibility index (Phi) is 4.10. The minimum atomic E-state index is -0.125. The maximum Gasteiger partial charge on any atom is 0.308 e. The Morgan fingerprint density at radius 2 is 1.68 bits per heavy atom. The van der Waals surface area contributed by atoms with Crippen LogP contribution in [0.3, 0.4) is 0 Å². The first-order valence-corrected chi connectivity index (χ1v) is 7.76. The highest BCUT2D eigenvalue weighted by molar-refractivity contribution is 5.99. The van der Waals surface area contributed by atoms with Gasteiger partial charge in [0, 0.05) is 0 Å². The summed E-state index contributed by atoms with van der Waals surface area (Å²) < 4.78 is 5.46. The van der Waals surface area contributed by atoms with Crippen molar-refractivity contribution in [3.05, 3.63) is 60.2 Å². The Labute approximate surface area is 130 Å². The minimum absolute atomic E-state index is 0.0455. The van der Waals surface area contributed by atoms with Crippen molar-refractivity contribution in [3.63, 3.8) is 0 Å². The summed E-state index contributed by atoms with van der Waals surface area (Å²) in [6, 6.07) is 18.8.